The average molecular weight is 361 g/mol. The molecule has 3 heteroatoms. The molecule has 3 aromatic carbocycles. The Balaban J connectivity index is 1.97. The molecule has 3 aromatic rings. The van der Waals surface area contributed by atoms with Gasteiger partial charge >= 0.3 is 0 Å². The van der Waals surface area contributed by atoms with Crippen LogP contribution in [-0.4, -0.2) is 16.6 Å². The van der Waals surface area contributed by atoms with Crippen molar-refractivity contribution in [1.82, 2.24) is 0 Å². The van der Waals surface area contributed by atoms with Gasteiger partial charge in [-0.3, -0.25) is 0 Å². The molecule has 1 saturated heterocycles. The van der Waals surface area contributed by atoms with Gasteiger partial charge in [-0.05, 0) is 34.2 Å². The standard InChI is InChI=1S/C22H24OSi2/c1-24(18-11-19-24)23-25(20-12-5-2-6-13-20,21-14-7-3-8-15-21)22-16-9-4-10-17-22/h2-10,12-17H,11,18-19H2,1H3. The summed E-state index contributed by atoms with van der Waals surface area (Å²) in [6.07, 6.45) is 1.32. The van der Waals surface area contributed by atoms with Gasteiger partial charge < -0.3 is 4.12 Å². The molecule has 25 heavy (non-hydrogen) atoms. The van der Waals surface area contributed by atoms with E-state index in [4.69, 9.17) is 4.12 Å². The summed E-state index contributed by atoms with van der Waals surface area (Å²) < 4.78 is 7.30. The summed E-state index contributed by atoms with van der Waals surface area (Å²) in [6.45, 7) is 2.42. The Morgan fingerprint density at radius 3 is 1.28 bits per heavy atom. The third-order valence-electron chi connectivity index (χ3n) is 5.35. The summed E-state index contributed by atoms with van der Waals surface area (Å²) in [5.41, 5.74) is 0. The van der Waals surface area contributed by atoms with Gasteiger partial charge in [0, 0.05) is 0 Å². The van der Waals surface area contributed by atoms with Gasteiger partial charge in [0.1, 0.15) is 0 Å². The van der Waals surface area contributed by atoms with Gasteiger partial charge in [-0.2, -0.15) is 0 Å². The van der Waals surface area contributed by atoms with Crippen molar-refractivity contribution in [2.45, 2.75) is 25.1 Å². The highest BCUT2D eigenvalue weighted by molar-refractivity contribution is 7.10. The van der Waals surface area contributed by atoms with Gasteiger partial charge in [0.2, 0.25) is 0 Å². The molecule has 1 aliphatic rings. The maximum absolute atomic E-state index is 7.30. The highest BCUT2D eigenvalue weighted by Crippen LogP contribution is 2.35. The van der Waals surface area contributed by atoms with E-state index in [-0.39, 0.29) is 0 Å². The lowest BCUT2D eigenvalue weighted by Gasteiger charge is -2.45. The third kappa shape index (κ3) is 3.04. The molecule has 0 spiro atoms. The Morgan fingerprint density at radius 2 is 1.00 bits per heavy atom. The summed E-state index contributed by atoms with van der Waals surface area (Å²) >= 11 is 0. The number of hydrogen-bond donors (Lipinski definition) is 0. The summed E-state index contributed by atoms with van der Waals surface area (Å²) in [4.78, 5) is 0. The van der Waals surface area contributed by atoms with E-state index in [9.17, 15) is 0 Å². The van der Waals surface area contributed by atoms with Crippen LogP contribution in [-0.2, 0) is 4.12 Å². The molecule has 0 amide bonds. The van der Waals surface area contributed by atoms with Crippen LogP contribution in [0.4, 0.5) is 0 Å². The van der Waals surface area contributed by atoms with Crippen LogP contribution in [0.1, 0.15) is 6.42 Å². The van der Waals surface area contributed by atoms with Crippen molar-refractivity contribution in [2.24, 2.45) is 0 Å². The van der Waals surface area contributed by atoms with Crippen LogP contribution in [0.25, 0.3) is 0 Å². The van der Waals surface area contributed by atoms with Crippen molar-refractivity contribution in [1.29, 1.82) is 0 Å². The van der Waals surface area contributed by atoms with Gasteiger partial charge in [-0.25, -0.2) is 0 Å². The molecule has 0 aliphatic carbocycles. The van der Waals surface area contributed by atoms with Gasteiger partial charge in [-0.15, -0.1) is 0 Å². The number of hydrogen-bond acceptors (Lipinski definition) is 1. The Bertz CT molecular complexity index is 718. The van der Waals surface area contributed by atoms with E-state index < -0.39 is 16.6 Å². The van der Waals surface area contributed by atoms with E-state index in [1.54, 1.807) is 0 Å². The maximum atomic E-state index is 7.30. The number of benzene rings is 3. The first-order chi connectivity index (χ1) is 12.2. The molecule has 0 radical (unpaired) electrons. The van der Waals surface area contributed by atoms with E-state index in [0.717, 1.165) is 0 Å². The van der Waals surface area contributed by atoms with Gasteiger partial charge in [0.15, 0.2) is 8.32 Å². The van der Waals surface area contributed by atoms with E-state index in [1.165, 1.54) is 34.1 Å². The first-order valence-electron chi connectivity index (χ1n) is 9.10. The van der Waals surface area contributed by atoms with E-state index >= 15 is 0 Å². The second-order valence-electron chi connectivity index (χ2n) is 7.18. The van der Waals surface area contributed by atoms with E-state index in [0.29, 0.717) is 0 Å². The minimum absolute atomic E-state index is 1.29. The molecule has 0 unspecified atom stereocenters. The first-order valence-corrected chi connectivity index (χ1v) is 13.8. The molecule has 4 rings (SSSR count). The lowest BCUT2D eigenvalue weighted by Crippen LogP contribution is -2.73. The summed E-state index contributed by atoms with van der Waals surface area (Å²) in [5, 5.41) is 4.06. The van der Waals surface area contributed by atoms with E-state index in [2.05, 4.69) is 97.5 Å². The van der Waals surface area contributed by atoms with Crippen LogP contribution in [0, 0.1) is 0 Å². The highest BCUT2D eigenvalue weighted by atomic mass is 28.4. The van der Waals surface area contributed by atoms with Crippen molar-refractivity contribution >= 4 is 32.2 Å². The zero-order chi connectivity index (χ0) is 17.2. The molecule has 1 heterocycles. The molecular weight excluding hydrogens is 336 g/mol. The zero-order valence-electron chi connectivity index (χ0n) is 14.7. The quantitative estimate of drug-likeness (QED) is 0.498. The molecule has 0 aromatic heterocycles. The Labute approximate surface area is 152 Å². The molecule has 0 atom stereocenters. The second kappa shape index (κ2) is 6.75. The zero-order valence-corrected chi connectivity index (χ0v) is 16.7. The van der Waals surface area contributed by atoms with Crippen LogP contribution in [0.3, 0.4) is 0 Å². The van der Waals surface area contributed by atoms with Crippen LogP contribution >= 0.6 is 0 Å². The van der Waals surface area contributed by atoms with E-state index in [1.807, 2.05) is 0 Å². The van der Waals surface area contributed by atoms with Crippen LogP contribution in [0.2, 0.25) is 18.6 Å². The van der Waals surface area contributed by atoms with Crippen LogP contribution < -0.4 is 15.6 Å². The molecule has 0 saturated carbocycles. The third-order valence-corrected chi connectivity index (χ3v) is 14.8. The summed E-state index contributed by atoms with van der Waals surface area (Å²) in [7, 11) is -4.09. The van der Waals surface area contributed by atoms with Gasteiger partial charge in [0.05, 0.1) is 0 Å². The Kier molecular flexibility index (Phi) is 4.46. The van der Waals surface area contributed by atoms with Crippen molar-refractivity contribution in [2.75, 3.05) is 0 Å². The maximum Gasteiger partial charge on any atom is 0.278 e. The summed E-state index contributed by atoms with van der Waals surface area (Å²) in [5.74, 6) is 0. The fourth-order valence-corrected chi connectivity index (χ4v) is 13.4. The fourth-order valence-electron chi connectivity index (χ4n) is 3.84. The van der Waals surface area contributed by atoms with Crippen molar-refractivity contribution in [3.8, 4) is 0 Å². The normalized spacial score (nSPS) is 16.2. The van der Waals surface area contributed by atoms with Crippen molar-refractivity contribution < 1.29 is 4.12 Å². The Hall–Kier alpha value is -1.95. The van der Waals surface area contributed by atoms with Crippen molar-refractivity contribution in [3.63, 3.8) is 0 Å². The second-order valence-corrected chi connectivity index (χ2v) is 15.0. The predicted molar refractivity (Wildman–Crippen MR) is 111 cm³/mol. The molecule has 0 N–H and O–H groups in total. The molecule has 1 fully saturated rings. The molecule has 0 bridgehead atoms. The lowest BCUT2D eigenvalue weighted by atomic mass is 10.3. The van der Waals surface area contributed by atoms with Gasteiger partial charge in [-0.1, -0.05) is 97.4 Å². The lowest BCUT2D eigenvalue weighted by molar-refractivity contribution is 0.522. The molecule has 126 valence electrons. The highest BCUT2D eigenvalue weighted by Gasteiger charge is 2.49. The van der Waals surface area contributed by atoms with Crippen molar-refractivity contribution in [3.05, 3.63) is 91.0 Å². The minimum Gasteiger partial charge on any atom is -0.446 e. The largest absolute Gasteiger partial charge is 0.446 e. The fraction of sp³-hybridized carbons (Fsp3) is 0.182. The van der Waals surface area contributed by atoms with Crippen LogP contribution in [0.5, 0.6) is 0 Å². The molecule has 1 aliphatic heterocycles. The monoisotopic (exact) mass is 360 g/mol. The average Bonchev–Trinajstić information content (AvgIpc) is 2.67. The molecule has 1 nitrogen and oxygen atoms in total. The smallest absolute Gasteiger partial charge is 0.278 e. The summed E-state index contributed by atoms with van der Waals surface area (Å²) in [6, 6.07) is 35.4. The SMILES string of the molecule is C[Si]1(O[Si](c2ccccc2)(c2ccccc2)c2ccccc2)CCC1. The van der Waals surface area contributed by atoms with Crippen LogP contribution in [0.15, 0.2) is 91.0 Å². The Morgan fingerprint density at radius 1 is 0.640 bits per heavy atom. The topological polar surface area (TPSA) is 9.23 Å². The van der Waals surface area contributed by atoms with Gasteiger partial charge in [0.25, 0.3) is 8.32 Å². The predicted octanol–water partition coefficient (Wildman–Crippen LogP) is 3.65. The first kappa shape index (κ1) is 16.5. The number of rotatable bonds is 5. The minimum atomic E-state index is -2.47. The molecular formula is C22H24OSi2.